The largest absolute Gasteiger partial charge is 0.497 e. The Morgan fingerprint density at radius 2 is 1.81 bits per heavy atom. The summed E-state index contributed by atoms with van der Waals surface area (Å²) in [5.41, 5.74) is 1.55. The fourth-order valence-corrected chi connectivity index (χ4v) is 2.47. The Labute approximate surface area is 132 Å². The number of hydrogen-bond donors (Lipinski definition) is 1. The third kappa shape index (κ3) is 3.76. The van der Waals surface area contributed by atoms with E-state index in [4.69, 9.17) is 9.47 Å². The van der Waals surface area contributed by atoms with Gasteiger partial charge in [0.2, 0.25) is 0 Å². The van der Waals surface area contributed by atoms with Gasteiger partial charge in [-0.15, -0.1) is 0 Å². The maximum absolute atomic E-state index is 12.2. The Hall–Kier alpha value is -2.01. The van der Waals surface area contributed by atoms with Gasteiger partial charge < -0.3 is 14.8 Å². The molecule has 1 amide bonds. The van der Waals surface area contributed by atoms with Gasteiger partial charge in [0.05, 0.1) is 24.3 Å². The number of benzene rings is 2. The number of hydrogen-bond acceptors (Lipinski definition) is 3. The Morgan fingerprint density at radius 1 is 1.10 bits per heavy atom. The molecule has 0 heterocycles. The van der Waals surface area contributed by atoms with E-state index in [1.54, 1.807) is 32.4 Å². The van der Waals surface area contributed by atoms with E-state index >= 15 is 0 Å². The fourth-order valence-electron chi connectivity index (χ4n) is 1.86. The molecular weight excluding hydrogens is 334 g/mol. The van der Waals surface area contributed by atoms with E-state index < -0.39 is 0 Å². The Bertz CT molecular complexity index is 626. The molecule has 0 aromatic heterocycles. The molecule has 0 aliphatic carbocycles. The first-order valence-corrected chi connectivity index (χ1v) is 7.18. The van der Waals surface area contributed by atoms with Crippen LogP contribution in [-0.4, -0.2) is 20.1 Å². The van der Waals surface area contributed by atoms with E-state index in [-0.39, 0.29) is 5.91 Å². The molecule has 0 spiro atoms. The highest BCUT2D eigenvalue weighted by Gasteiger charge is 2.13. The first kappa shape index (κ1) is 15.4. The molecule has 0 bridgehead atoms. The van der Waals surface area contributed by atoms with Gasteiger partial charge in [-0.2, -0.15) is 0 Å². The zero-order chi connectivity index (χ0) is 15.2. The van der Waals surface area contributed by atoms with Gasteiger partial charge in [-0.05, 0) is 45.8 Å². The van der Waals surface area contributed by atoms with Crippen LogP contribution in [0.4, 0.5) is 0 Å². The third-order valence-corrected chi connectivity index (χ3v) is 3.86. The van der Waals surface area contributed by atoms with Crippen LogP contribution in [0.5, 0.6) is 11.5 Å². The zero-order valence-corrected chi connectivity index (χ0v) is 13.4. The monoisotopic (exact) mass is 349 g/mol. The van der Waals surface area contributed by atoms with Gasteiger partial charge in [-0.1, -0.05) is 18.2 Å². The lowest BCUT2D eigenvalue weighted by Crippen LogP contribution is -2.23. The van der Waals surface area contributed by atoms with Gasteiger partial charge in [0.1, 0.15) is 11.5 Å². The molecular formula is C16H16BrNO3. The van der Waals surface area contributed by atoms with Crippen LogP contribution in [0.25, 0.3) is 0 Å². The number of rotatable bonds is 5. The fraction of sp³-hybridized carbons (Fsp3) is 0.188. The second kappa shape index (κ2) is 7.13. The van der Waals surface area contributed by atoms with E-state index in [0.29, 0.717) is 22.3 Å². The molecule has 0 aliphatic heterocycles. The second-order valence-corrected chi connectivity index (χ2v) is 5.15. The van der Waals surface area contributed by atoms with Crippen LogP contribution in [0, 0.1) is 0 Å². The molecule has 0 aliphatic rings. The van der Waals surface area contributed by atoms with Gasteiger partial charge in [0, 0.05) is 6.54 Å². The predicted molar refractivity (Wildman–Crippen MR) is 84.9 cm³/mol. The second-order valence-electron chi connectivity index (χ2n) is 4.35. The first-order chi connectivity index (χ1) is 10.2. The minimum atomic E-state index is -0.156. The summed E-state index contributed by atoms with van der Waals surface area (Å²) < 4.78 is 10.9. The number of carbonyl (C=O) groups excluding carboxylic acids is 1. The van der Waals surface area contributed by atoms with Crippen molar-refractivity contribution in [1.29, 1.82) is 0 Å². The lowest BCUT2D eigenvalue weighted by atomic mass is 10.2. The Balaban J connectivity index is 2.04. The highest BCUT2D eigenvalue weighted by molar-refractivity contribution is 9.10. The quantitative estimate of drug-likeness (QED) is 0.899. The molecule has 0 fully saturated rings. The minimum absolute atomic E-state index is 0.156. The SMILES string of the molecule is COc1ccc(CNC(=O)c2cccc(OC)c2Br)cc1. The summed E-state index contributed by atoms with van der Waals surface area (Å²) in [5.74, 6) is 1.27. The number of amides is 1. The summed E-state index contributed by atoms with van der Waals surface area (Å²) in [6, 6.07) is 12.9. The number of carbonyl (C=O) groups is 1. The van der Waals surface area contributed by atoms with Crippen LogP contribution in [0.15, 0.2) is 46.9 Å². The lowest BCUT2D eigenvalue weighted by Gasteiger charge is -2.10. The lowest BCUT2D eigenvalue weighted by molar-refractivity contribution is 0.0949. The molecule has 2 aromatic rings. The van der Waals surface area contributed by atoms with Crippen LogP contribution < -0.4 is 14.8 Å². The summed E-state index contributed by atoms with van der Waals surface area (Å²) in [6.45, 7) is 0.451. The summed E-state index contributed by atoms with van der Waals surface area (Å²) in [5, 5.41) is 2.88. The van der Waals surface area contributed by atoms with Gasteiger partial charge in [-0.3, -0.25) is 4.79 Å². The molecule has 5 heteroatoms. The van der Waals surface area contributed by atoms with E-state index in [2.05, 4.69) is 21.2 Å². The van der Waals surface area contributed by atoms with Crippen molar-refractivity contribution in [3.63, 3.8) is 0 Å². The molecule has 21 heavy (non-hydrogen) atoms. The van der Waals surface area contributed by atoms with Crippen molar-refractivity contribution in [2.24, 2.45) is 0 Å². The zero-order valence-electron chi connectivity index (χ0n) is 11.9. The van der Waals surface area contributed by atoms with E-state index in [0.717, 1.165) is 11.3 Å². The molecule has 4 nitrogen and oxygen atoms in total. The normalized spacial score (nSPS) is 10.0. The van der Waals surface area contributed by atoms with Crippen molar-refractivity contribution in [3.8, 4) is 11.5 Å². The van der Waals surface area contributed by atoms with Crippen molar-refractivity contribution in [2.75, 3.05) is 14.2 Å². The van der Waals surface area contributed by atoms with E-state index in [1.807, 2.05) is 24.3 Å². The molecule has 110 valence electrons. The van der Waals surface area contributed by atoms with Gasteiger partial charge in [0.25, 0.3) is 5.91 Å². The van der Waals surface area contributed by atoms with E-state index in [1.165, 1.54) is 0 Å². The topological polar surface area (TPSA) is 47.6 Å². The standard InChI is InChI=1S/C16H16BrNO3/c1-20-12-8-6-11(7-9-12)10-18-16(19)13-4-3-5-14(21-2)15(13)17/h3-9H,10H2,1-2H3,(H,18,19). The Morgan fingerprint density at radius 3 is 2.43 bits per heavy atom. The molecule has 0 radical (unpaired) electrons. The molecule has 2 aromatic carbocycles. The Kier molecular flexibility index (Phi) is 5.22. The maximum Gasteiger partial charge on any atom is 0.252 e. The van der Waals surface area contributed by atoms with Crippen molar-refractivity contribution in [2.45, 2.75) is 6.54 Å². The number of ether oxygens (including phenoxy) is 2. The van der Waals surface area contributed by atoms with Gasteiger partial charge in [0.15, 0.2) is 0 Å². The first-order valence-electron chi connectivity index (χ1n) is 6.39. The summed E-state index contributed by atoms with van der Waals surface area (Å²) in [4.78, 5) is 12.2. The third-order valence-electron chi connectivity index (χ3n) is 3.04. The summed E-state index contributed by atoms with van der Waals surface area (Å²) in [6.07, 6.45) is 0. The number of halogens is 1. The molecule has 0 saturated carbocycles. The predicted octanol–water partition coefficient (Wildman–Crippen LogP) is 3.40. The number of nitrogens with one attached hydrogen (secondary N) is 1. The average Bonchev–Trinajstić information content (AvgIpc) is 2.53. The van der Waals surface area contributed by atoms with Gasteiger partial charge in [-0.25, -0.2) is 0 Å². The van der Waals surface area contributed by atoms with Crippen molar-refractivity contribution >= 4 is 21.8 Å². The van der Waals surface area contributed by atoms with Crippen molar-refractivity contribution in [1.82, 2.24) is 5.32 Å². The summed E-state index contributed by atoms with van der Waals surface area (Å²) >= 11 is 3.38. The molecule has 0 atom stereocenters. The van der Waals surface area contributed by atoms with Crippen LogP contribution in [0.1, 0.15) is 15.9 Å². The molecule has 2 rings (SSSR count). The van der Waals surface area contributed by atoms with Crippen LogP contribution in [-0.2, 0) is 6.54 Å². The van der Waals surface area contributed by atoms with Crippen molar-refractivity contribution < 1.29 is 14.3 Å². The van der Waals surface area contributed by atoms with Gasteiger partial charge >= 0.3 is 0 Å². The van der Waals surface area contributed by atoms with Crippen molar-refractivity contribution in [3.05, 3.63) is 58.1 Å². The summed E-state index contributed by atoms with van der Waals surface area (Å²) in [7, 11) is 3.19. The molecule has 1 N–H and O–H groups in total. The minimum Gasteiger partial charge on any atom is -0.497 e. The molecule has 0 unspecified atom stereocenters. The smallest absolute Gasteiger partial charge is 0.252 e. The number of methoxy groups -OCH3 is 2. The highest BCUT2D eigenvalue weighted by Crippen LogP contribution is 2.28. The maximum atomic E-state index is 12.2. The van der Waals surface area contributed by atoms with Crippen LogP contribution in [0.2, 0.25) is 0 Å². The van der Waals surface area contributed by atoms with Crippen LogP contribution in [0.3, 0.4) is 0 Å². The van der Waals surface area contributed by atoms with E-state index in [9.17, 15) is 4.79 Å². The highest BCUT2D eigenvalue weighted by atomic mass is 79.9. The molecule has 0 saturated heterocycles. The average molecular weight is 350 g/mol. The van der Waals surface area contributed by atoms with Crippen LogP contribution >= 0.6 is 15.9 Å².